The minimum absolute atomic E-state index is 0.0480. The maximum absolute atomic E-state index is 12.7. The summed E-state index contributed by atoms with van der Waals surface area (Å²) in [5.41, 5.74) is 2.93. The summed E-state index contributed by atoms with van der Waals surface area (Å²) in [6, 6.07) is 9.20. The molecule has 29 heavy (non-hydrogen) atoms. The summed E-state index contributed by atoms with van der Waals surface area (Å²) >= 11 is 5.99. The van der Waals surface area contributed by atoms with E-state index in [1.165, 1.54) is 13.1 Å². The van der Waals surface area contributed by atoms with Crippen molar-refractivity contribution in [3.05, 3.63) is 51.7 Å². The minimum atomic E-state index is -0.128. The third-order valence-corrected chi connectivity index (χ3v) is 4.96. The third kappa shape index (κ3) is 4.25. The van der Waals surface area contributed by atoms with Crippen LogP contribution in [0.1, 0.15) is 25.8 Å². The van der Waals surface area contributed by atoms with Crippen molar-refractivity contribution >= 4 is 39.9 Å². The van der Waals surface area contributed by atoms with Crippen molar-refractivity contribution in [3.8, 4) is 6.07 Å². The number of aryl methyl sites for hydroxylation is 2. The van der Waals surface area contributed by atoms with Gasteiger partial charge in [-0.1, -0.05) is 11.6 Å². The van der Waals surface area contributed by atoms with Crippen molar-refractivity contribution in [3.63, 3.8) is 0 Å². The second kappa shape index (κ2) is 8.37. The molecule has 2 aromatic heterocycles. The number of rotatable bonds is 6. The first-order chi connectivity index (χ1) is 13.8. The lowest BCUT2D eigenvalue weighted by Crippen LogP contribution is -2.32. The second-order valence-corrected chi connectivity index (χ2v) is 7.21. The van der Waals surface area contributed by atoms with Crippen molar-refractivity contribution in [2.45, 2.75) is 32.9 Å². The van der Waals surface area contributed by atoms with Gasteiger partial charge in [-0.15, -0.1) is 0 Å². The molecule has 2 heterocycles. The Morgan fingerprint density at radius 3 is 2.79 bits per heavy atom. The van der Waals surface area contributed by atoms with Gasteiger partial charge in [-0.25, -0.2) is 9.78 Å². The molecule has 0 bridgehead atoms. The number of nitrogens with zero attached hydrogens (tertiary/aromatic N) is 4. The van der Waals surface area contributed by atoms with Gasteiger partial charge in [0.15, 0.2) is 0 Å². The van der Waals surface area contributed by atoms with Gasteiger partial charge in [0.25, 0.3) is 0 Å². The summed E-state index contributed by atoms with van der Waals surface area (Å²) in [5, 5.41) is 15.5. The highest BCUT2D eigenvalue weighted by Crippen LogP contribution is 2.26. The number of pyridine rings is 1. The second-order valence-electron chi connectivity index (χ2n) is 6.85. The summed E-state index contributed by atoms with van der Waals surface area (Å²) in [4.78, 5) is 27.8. The topological polar surface area (TPSA) is 105 Å². The Labute approximate surface area is 172 Å². The fraction of sp³-hybridized carbons (Fsp3) is 0.300. The fourth-order valence-electron chi connectivity index (χ4n) is 3.25. The van der Waals surface area contributed by atoms with E-state index in [2.05, 4.69) is 15.6 Å². The van der Waals surface area contributed by atoms with Crippen LogP contribution in [-0.2, 0) is 18.4 Å². The normalized spacial score (nSPS) is 11.8. The van der Waals surface area contributed by atoms with Crippen LogP contribution in [-0.4, -0.2) is 26.1 Å². The van der Waals surface area contributed by atoms with Crippen LogP contribution in [0.15, 0.2) is 35.3 Å². The van der Waals surface area contributed by atoms with Crippen LogP contribution >= 0.6 is 11.6 Å². The van der Waals surface area contributed by atoms with E-state index in [0.717, 1.165) is 11.0 Å². The molecule has 0 aliphatic rings. The molecule has 2 N–H and O–H groups in total. The Morgan fingerprint density at radius 2 is 2.10 bits per heavy atom. The smallest absolute Gasteiger partial charge is 0.328 e. The van der Waals surface area contributed by atoms with Crippen molar-refractivity contribution in [1.82, 2.24) is 19.4 Å². The van der Waals surface area contributed by atoms with Gasteiger partial charge in [0.05, 0.1) is 16.7 Å². The van der Waals surface area contributed by atoms with Crippen molar-refractivity contribution in [2.75, 3.05) is 5.32 Å². The first-order valence-corrected chi connectivity index (χ1v) is 9.47. The fourth-order valence-corrected chi connectivity index (χ4v) is 3.45. The number of nitrogens with one attached hydrogen (secondary N) is 2. The average Bonchev–Trinajstić information content (AvgIpc) is 2.90. The third-order valence-electron chi connectivity index (χ3n) is 4.68. The molecule has 0 aliphatic heterocycles. The molecular formula is C20H21ClN6O2. The molecule has 0 saturated carbocycles. The van der Waals surface area contributed by atoms with Crippen LogP contribution in [0.25, 0.3) is 11.0 Å². The SMILES string of the molecule is CC(=O)NC(C)CCn1c(=O)n(C)c2ccc(Nc3ccnc(Cl)c3C#N)cc21. The van der Waals surface area contributed by atoms with Crippen LogP contribution in [0.4, 0.5) is 11.4 Å². The Balaban J connectivity index is 1.95. The molecule has 8 nitrogen and oxygen atoms in total. The predicted octanol–water partition coefficient (Wildman–Crippen LogP) is 2.92. The van der Waals surface area contributed by atoms with Crippen LogP contribution in [0.2, 0.25) is 5.15 Å². The van der Waals surface area contributed by atoms with E-state index in [1.807, 2.05) is 31.2 Å². The number of benzene rings is 1. The highest BCUT2D eigenvalue weighted by atomic mass is 35.5. The standard InChI is InChI=1S/C20H21ClN6O2/c1-12(24-13(2)28)7-9-27-18-10-14(4-5-17(18)26(3)20(27)29)25-16-6-8-23-19(21)15(16)11-22/h4-6,8,10,12H,7,9H2,1-3H3,(H,23,25)(H,24,28). The maximum atomic E-state index is 12.7. The Hall–Kier alpha value is -3.31. The summed E-state index contributed by atoms with van der Waals surface area (Å²) in [6.45, 7) is 3.84. The lowest BCUT2D eigenvalue weighted by molar-refractivity contribution is -0.119. The first kappa shape index (κ1) is 20.4. The molecule has 0 aliphatic carbocycles. The Kier molecular flexibility index (Phi) is 5.89. The number of hydrogen-bond acceptors (Lipinski definition) is 5. The van der Waals surface area contributed by atoms with Crippen molar-refractivity contribution in [1.29, 1.82) is 5.26 Å². The molecule has 0 fully saturated rings. The molecule has 3 aromatic rings. The summed E-state index contributed by atoms with van der Waals surface area (Å²) in [6.07, 6.45) is 2.14. The zero-order valence-electron chi connectivity index (χ0n) is 16.4. The number of nitriles is 1. The molecule has 1 aromatic carbocycles. The van der Waals surface area contributed by atoms with Gasteiger partial charge in [-0.05, 0) is 37.6 Å². The van der Waals surface area contributed by atoms with Gasteiger partial charge in [0.2, 0.25) is 5.91 Å². The number of amides is 1. The highest BCUT2D eigenvalue weighted by Gasteiger charge is 2.14. The predicted molar refractivity (Wildman–Crippen MR) is 112 cm³/mol. The number of fused-ring (bicyclic) bond motifs is 1. The molecule has 1 atom stereocenters. The summed E-state index contributed by atoms with van der Waals surface area (Å²) < 4.78 is 3.27. The number of anilines is 2. The van der Waals surface area contributed by atoms with Crippen LogP contribution in [0.5, 0.6) is 0 Å². The van der Waals surface area contributed by atoms with E-state index in [4.69, 9.17) is 11.6 Å². The molecule has 3 rings (SSSR count). The lowest BCUT2D eigenvalue weighted by Gasteiger charge is -2.13. The average molecular weight is 413 g/mol. The van der Waals surface area contributed by atoms with E-state index >= 15 is 0 Å². The molecule has 0 spiro atoms. The molecule has 0 radical (unpaired) electrons. The van der Waals surface area contributed by atoms with Gasteiger partial charge in [0, 0.05) is 38.4 Å². The molecule has 0 saturated heterocycles. The quantitative estimate of drug-likeness (QED) is 0.605. The zero-order valence-corrected chi connectivity index (χ0v) is 17.1. The van der Waals surface area contributed by atoms with E-state index in [9.17, 15) is 14.9 Å². The molecule has 1 unspecified atom stereocenters. The highest BCUT2D eigenvalue weighted by molar-refractivity contribution is 6.31. The van der Waals surface area contributed by atoms with Gasteiger partial charge in [0.1, 0.15) is 16.8 Å². The van der Waals surface area contributed by atoms with Crippen LogP contribution in [0.3, 0.4) is 0 Å². The molecular weight excluding hydrogens is 392 g/mol. The number of carbonyl (C=O) groups excluding carboxylic acids is 1. The van der Waals surface area contributed by atoms with Gasteiger partial charge in [-0.2, -0.15) is 5.26 Å². The van der Waals surface area contributed by atoms with Gasteiger partial charge >= 0.3 is 5.69 Å². The largest absolute Gasteiger partial charge is 0.354 e. The number of halogens is 1. The molecule has 150 valence electrons. The number of imidazole rings is 1. The number of carbonyl (C=O) groups is 1. The Morgan fingerprint density at radius 1 is 1.34 bits per heavy atom. The summed E-state index contributed by atoms with van der Waals surface area (Å²) in [5.74, 6) is -0.0986. The van der Waals surface area contributed by atoms with Crippen molar-refractivity contribution < 1.29 is 4.79 Å². The maximum Gasteiger partial charge on any atom is 0.328 e. The Bertz CT molecular complexity index is 1170. The lowest BCUT2D eigenvalue weighted by atomic mass is 10.2. The minimum Gasteiger partial charge on any atom is -0.354 e. The summed E-state index contributed by atoms with van der Waals surface area (Å²) in [7, 11) is 1.72. The van der Waals surface area contributed by atoms with E-state index in [0.29, 0.717) is 24.3 Å². The first-order valence-electron chi connectivity index (χ1n) is 9.09. The van der Waals surface area contributed by atoms with Crippen molar-refractivity contribution in [2.24, 2.45) is 7.05 Å². The number of aromatic nitrogens is 3. The zero-order chi connectivity index (χ0) is 21.1. The van der Waals surface area contributed by atoms with E-state index < -0.39 is 0 Å². The number of hydrogen-bond donors (Lipinski definition) is 2. The van der Waals surface area contributed by atoms with Crippen LogP contribution in [0, 0.1) is 11.3 Å². The molecule has 1 amide bonds. The monoisotopic (exact) mass is 412 g/mol. The molecule has 9 heteroatoms. The van der Waals surface area contributed by atoms with E-state index in [1.54, 1.807) is 22.2 Å². The van der Waals surface area contributed by atoms with Crippen LogP contribution < -0.4 is 16.3 Å². The van der Waals surface area contributed by atoms with Gasteiger partial charge < -0.3 is 10.6 Å². The van der Waals surface area contributed by atoms with Gasteiger partial charge in [-0.3, -0.25) is 13.9 Å². The van der Waals surface area contributed by atoms with E-state index in [-0.39, 0.29) is 28.4 Å².